The van der Waals surface area contributed by atoms with Crippen LogP contribution in [0.3, 0.4) is 0 Å². The monoisotopic (exact) mass is 494 g/mol. The number of ketones is 1. The Morgan fingerprint density at radius 1 is 1.00 bits per heavy atom. The van der Waals surface area contributed by atoms with Crippen LogP contribution < -0.4 is 0 Å². The SMILES string of the molecule is CN1CCN(CCC(=O)CCC2(c3ccccc3)CC(O)=C(SCc3ccccc3)C(=O)O2)CC1. The van der Waals surface area contributed by atoms with E-state index >= 15 is 0 Å². The van der Waals surface area contributed by atoms with Crippen LogP contribution in [-0.4, -0.2) is 66.4 Å². The molecule has 6 nitrogen and oxygen atoms in total. The molecule has 1 unspecified atom stereocenters. The number of esters is 1. The molecule has 1 N–H and O–H groups in total. The van der Waals surface area contributed by atoms with Crippen LogP contribution >= 0.6 is 11.8 Å². The van der Waals surface area contributed by atoms with E-state index in [0.29, 0.717) is 25.0 Å². The molecule has 0 spiro atoms. The molecule has 0 saturated carbocycles. The number of likely N-dealkylation sites (N-methyl/N-ethyl adjacent to an activating group) is 1. The standard InChI is InChI=1S/C28H34N2O4S/c1-29-16-18-30(19-17-29)15-13-24(31)12-14-28(23-10-6-3-7-11-23)20-25(32)26(27(33)34-28)35-21-22-8-4-2-5-9-22/h2-11,32H,12-21H2,1H3. The fourth-order valence-corrected chi connectivity index (χ4v) is 5.51. The number of piperazine rings is 1. The van der Waals surface area contributed by atoms with E-state index in [1.165, 1.54) is 11.8 Å². The first-order valence-electron chi connectivity index (χ1n) is 12.3. The van der Waals surface area contributed by atoms with Crippen LogP contribution in [0.2, 0.25) is 0 Å². The fraction of sp³-hybridized carbons (Fsp3) is 0.429. The molecular weight excluding hydrogens is 460 g/mol. The van der Waals surface area contributed by atoms with Crippen molar-refractivity contribution in [3.05, 3.63) is 82.5 Å². The minimum Gasteiger partial charge on any atom is -0.511 e. The highest BCUT2D eigenvalue weighted by molar-refractivity contribution is 8.03. The number of thioether (sulfide) groups is 1. The quantitative estimate of drug-likeness (QED) is 0.487. The van der Waals surface area contributed by atoms with Crippen LogP contribution in [0.1, 0.15) is 36.8 Å². The lowest BCUT2D eigenvalue weighted by Crippen LogP contribution is -2.45. The maximum Gasteiger partial charge on any atom is 0.348 e. The van der Waals surface area contributed by atoms with Crippen molar-refractivity contribution < 1.29 is 19.4 Å². The summed E-state index contributed by atoms with van der Waals surface area (Å²) in [5, 5.41) is 10.9. The Morgan fingerprint density at radius 2 is 1.66 bits per heavy atom. The molecule has 2 aromatic carbocycles. The molecule has 0 bridgehead atoms. The van der Waals surface area contributed by atoms with Gasteiger partial charge in [0.1, 0.15) is 22.0 Å². The Balaban J connectivity index is 1.42. The summed E-state index contributed by atoms with van der Waals surface area (Å²) in [4.78, 5) is 30.7. The first kappa shape index (κ1) is 25.5. The van der Waals surface area contributed by atoms with Crippen molar-refractivity contribution in [2.75, 3.05) is 39.8 Å². The average Bonchev–Trinajstić information content (AvgIpc) is 2.88. The van der Waals surface area contributed by atoms with Crippen LogP contribution in [0.4, 0.5) is 0 Å². The largest absolute Gasteiger partial charge is 0.511 e. The minimum atomic E-state index is -1.04. The van der Waals surface area contributed by atoms with E-state index in [0.717, 1.165) is 43.9 Å². The van der Waals surface area contributed by atoms with Crippen molar-refractivity contribution in [2.24, 2.45) is 0 Å². The van der Waals surface area contributed by atoms with E-state index in [1.807, 2.05) is 60.7 Å². The lowest BCUT2D eigenvalue weighted by atomic mass is 9.83. The number of aliphatic hydroxyl groups is 1. The Hall–Kier alpha value is -2.61. The molecule has 2 aromatic rings. The minimum absolute atomic E-state index is 0.0379. The molecule has 0 aromatic heterocycles. The molecule has 1 fully saturated rings. The maximum absolute atomic E-state index is 13.1. The van der Waals surface area contributed by atoms with Crippen LogP contribution in [0.25, 0.3) is 0 Å². The maximum atomic E-state index is 13.1. The summed E-state index contributed by atoms with van der Waals surface area (Å²) >= 11 is 1.29. The van der Waals surface area contributed by atoms with Gasteiger partial charge in [-0.25, -0.2) is 4.79 Å². The second-order valence-electron chi connectivity index (χ2n) is 9.41. The van der Waals surface area contributed by atoms with Crippen molar-refractivity contribution in [3.8, 4) is 0 Å². The van der Waals surface area contributed by atoms with Gasteiger partial charge in [-0.15, -0.1) is 11.8 Å². The van der Waals surface area contributed by atoms with Crippen molar-refractivity contribution in [2.45, 2.75) is 37.0 Å². The first-order chi connectivity index (χ1) is 16.9. The Kier molecular flexibility index (Phi) is 8.65. The lowest BCUT2D eigenvalue weighted by molar-refractivity contribution is -0.161. The molecule has 0 aliphatic carbocycles. The molecule has 1 saturated heterocycles. The topological polar surface area (TPSA) is 70.1 Å². The smallest absolute Gasteiger partial charge is 0.348 e. The Bertz CT molecular complexity index is 1040. The highest BCUT2D eigenvalue weighted by Gasteiger charge is 2.43. The van der Waals surface area contributed by atoms with Gasteiger partial charge in [0, 0.05) is 51.3 Å². The van der Waals surface area contributed by atoms with Gasteiger partial charge in [0.05, 0.1) is 6.42 Å². The number of nitrogens with zero attached hydrogens (tertiary/aromatic N) is 2. The van der Waals surface area contributed by atoms with Crippen molar-refractivity contribution in [1.82, 2.24) is 9.80 Å². The van der Waals surface area contributed by atoms with Crippen LogP contribution in [0.15, 0.2) is 71.3 Å². The Morgan fingerprint density at radius 3 is 2.31 bits per heavy atom. The van der Waals surface area contributed by atoms with E-state index in [4.69, 9.17) is 4.74 Å². The van der Waals surface area contributed by atoms with Gasteiger partial charge < -0.3 is 19.6 Å². The van der Waals surface area contributed by atoms with E-state index in [2.05, 4.69) is 16.8 Å². The highest BCUT2D eigenvalue weighted by Crippen LogP contribution is 2.44. The molecule has 4 rings (SSSR count). The zero-order valence-electron chi connectivity index (χ0n) is 20.3. The molecule has 0 amide bonds. The number of carbonyl (C=O) groups is 2. The predicted molar refractivity (Wildman–Crippen MR) is 139 cm³/mol. The van der Waals surface area contributed by atoms with E-state index in [-0.39, 0.29) is 22.9 Å². The molecule has 7 heteroatoms. The van der Waals surface area contributed by atoms with Gasteiger partial charge in [-0.2, -0.15) is 0 Å². The summed E-state index contributed by atoms with van der Waals surface area (Å²) in [5.41, 5.74) is 0.832. The highest BCUT2D eigenvalue weighted by atomic mass is 32.2. The molecular formula is C28H34N2O4S. The lowest BCUT2D eigenvalue weighted by Gasteiger charge is -2.37. The third kappa shape index (κ3) is 6.75. The zero-order chi connectivity index (χ0) is 24.7. The van der Waals surface area contributed by atoms with Gasteiger partial charge >= 0.3 is 5.97 Å². The average molecular weight is 495 g/mol. The van der Waals surface area contributed by atoms with Gasteiger partial charge in [0.15, 0.2) is 0 Å². The van der Waals surface area contributed by atoms with Crippen LogP contribution in [-0.2, 0) is 25.7 Å². The zero-order valence-corrected chi connectivity index (χ0v) is 21.1. The molecule has 186 valence electrons. The van der Waals surface area contributed by atoms with E-state index in [1.54, 1.807) is 0 Å². The molecule has 2 heterocycles. The van der Waals surface area contributed by atoms with Gasteiger partial charge in [0.25, 0.3) is 0 Å². The summed E-state index contributed by atoms with van der Waals surface area (Å²) in [6, 6.07) is 19.3. The summed E-state index contributed by atoms with van der Waals surface area (Å²) in [6.07, 6.45) is 1.31. The number of hydrogen-bond donors (Lipinski definition) is 1. The van der Waals surface area contributed by atoms with Crippen LogP contribution in [0, 0.1) is 0 Å². The summed E-state index contributed by atoms with van der Waals surface area (Å²) in [5.74, 6) is 0.237. The van der Waals surface area contributed by atoms with Gasteiger partial charge in [-0.1, -0.05) is 60.7 Å². The number of aliphatic hydroxyl groups excluding tert-OH is 1. The van der Waals surface area contributed by atoms with Gasteiger partial charge in [-0.05, 0) is 24.6 Å². The number of ether oxygens (including phenoxy) is 1. The third-order valence-electron chi connectivity index (χ3n) is 6.82. The van der Waals surface area contributed by atoms with Crippen molar-refractivity contribution in [3.63, 3.8) is 0 Å². The first-order valence-corrected chi connectivity index (χ1v) is 13.2. The number of benzene rings is 2. The third-order valence-corrected chi connectivity index (χ3v) is 7.99. The molecule has 2 aliphatic heterocycles. The van der Waals surface area contributed by atoms with Crippen molar-refractivity contribution >= 4 is 23.5 Å². The number of Topliss-reactive ketones (excluding diaryl/α,β-unsaturated/α-hetero) is 1. The second-order valence-corrected chi connectivity index (χ2v) is 10.4. The summed E-state index contributed by atoms with van der Waals surface area (Å²) in [7, 11) is 2.12. The summed E-state index contributed by atoms with van der Waals surface area (Å²) in [6.45, 7) is 4.78. The van der Waals surface area contributed by atoms with Crippen molar-refractivity contribution in [1.29, 1.82) is 0 Å². The van der Waals surface area contributed by atoms with E-state index < -0.39 is 11.6 Å². The van der Waals surface area contributed by atoms with Gasteiger partial charge in [-0.3, -0.25) is 4.79 Å². The molecule has 2 aliphatic rings. The second kappa shape index (κ2) is 11.9. The normalized spacial score (nSPS) is 21.7. The number of carbonyl (C=O) groups excluding carboxylic acids is 2. The number of hydrogen-bond acceptors (Lipinski definition) is 7. The number of rotatable bonds is 10. The van der Waals surface area contributed by atoms with E-state index in [9.17, 15) is 14.7 Å². The Labute approximate surface area is 211 Å². The molecule has 1 atom stereocenters. The fourth-order valence-electron chi connectivity index (χ4n) is 4.61. The van der Waals surface area contributed by atoms with Gasteiger partial charge in [0.2, 0.25) is 0 Å². The predicted octanol–water partition coefficient (Wildman–Crippen LogP) is 4.52. The number of cyclic esters (lactones) is 1. The molecule has 35 heavy (non-hydrogen) atoms. The molecule has 0 radical (unpaired) electrons. The van der Waals surface area contributed by atoms with Crippen LogP contribution in [0.5, 0.6) is 0 Å². The summed E-state index contributed by atoms with van der Waals surface area (Å²) < 4.78 is 6.04.